The second kappa shape index (κ2) is 6.07. The van der Waals surface area contributed by atoms with Crippen molar-refractivity contribution in [2.75, 3.05) is 19.6 Å². The number of urea groups is 1. The number of nitrogens with zero attached hydrogens (tertiary/aromatic N) is 1. The molecule has 5 nitrogen and oxygen atoms in total. The number of piperidine rings is 1. The zero-order valence-electron chi connectivity index (χ0n) is 11.5. The Morgan fingerprint density at radius 1 is 1.39 bits per heavy atom. The Hall–Kier alpha value is -1.26. The number of amides is 2. The van der Waals surface area contributed by atoms with E-state index in [-0.39, 0.29) is 6.03 Å². The summed E-state index contributed by atoms with van der Waals surface area (Å²) < 4.78 is 0. The second-order valence-corrected chi connectivity index (χ2v) is 5.55. The number of rotatable bonds is 4. The van der Waals surface area contributed by atoms with Gasteiger partial charge in [-0.25, -0.2) is 4.79 Å². The predicted molar refractivity (Wildman–Crippen MR) is 69.4 cm³/mol. The third-order valence-electron chi connectivity index (χ3n) is 3.97. The molecule has 0 aromatic carbocycles. The van der Waals surface area contributed by atoms with E-state index in [0.717, 1.165) is 6.42 Å². The Bertz CT molecular complexity index is 309. The lowest BCUT2D eigenvalue weighted by molar-refractivity contribution is -0.150. The molecule has 18 heavy (non-hydrogen) atoms. The average molecular weight is 256 g/mol. The number of carboxylic acid groups (broad SMARTS) is 1. The molecule has 1 aliphatic rings. The van der Waals surface area contributed by atoms with Gasteiger partial charge in [0.15, 0.2) is 0 Å². The summed E-state index contributed by atoms with van der Waals surface area (Å²) in [4.78, 5) is 24.7. The highest BCUT2D eigenvalue weighted by molar-refractivity contribution is 5.76. The number of hydrogen-bond donors (Lipinski definition) is 2. The van der Waals surface area contributed by atoms with E-state index in [9.17, 15) is 9.59 Å². The fourth-order valence-electron chi connectivity index (χ4n) is 1.93. The molecule has 1 unspecified atom stereocenters. The van der Waals surface area contributed by atoms with Crippen LogP contribution in [0.2, 0.25) is 0 Å². The van der Waals surface area contributed by atoms with Crippen LogP contribution in [0.15, 0.2) is 0 Å². The van der Waals surface area contributed by atoms with Crippen LogP contribution in [0.25, 0.3) is 0 Å². The lowest BCUT2D eigenvalue weighted by atomic mass is 9.80. The van der Waals surface area contributed by atoms with Crippen molar-refractivity contribution in [1.82, 2.24) is 10.2 Å². The van der Waals surface area contributed by atoms with Crippen LogP contribution in [0.1, 0.15) is 40.0 Å². The minimum absolute atomic E-state index is 0.0669. The van der Waals surface area contributed by atoms with Gasteiger partial charge in [-0.3, -0.25) is 4.79 Å². The molecule has 1 rings (SSSR count). The second-order valence-electron chi connectivity index (χ2n) is 5.55. The maximum Gasteiger partial charge on any atom is 0.317 e. The molecular formula is C13H24N2O3. The maximum atomic E-state index is 11.9. The highest BCUT2D eigenvalue weighted by Gasteiger charge is 2.37. The number of aliphatic carboxylic acids is 1. The van der Waals surface area contributed by atoms with Gasteiger partial charge in [-0.15, -0.1) is 0 Å². The molecular weight excluding hydrogens is 232 g/mol. The molecule has 0 bridgehead atoms. The number of likely N-dealkylation sites (tertiary alicyclic amines) is 1. The smallest absolute Gasteiger partial charge is 0.317 e. The molecule has 2 N–H and O–H groups in total. The van der Waals surface area contributed by atoms with Crippen LogP contribution in [0.5, 0.6) is 0 Å². The Balaban J connectivity index is 2.38. The van der Waals surface area contributed by atoms with Crippen molar-refractivity contribution < 1.29 is 14.7 Å². The Morgan fingerprint density at radius 2 is 1.94 bits per heavy atom. The Morgan fingerprint density at radius 3 is 2.39 bits per heavy atom. The summed E-state index contributed by atoms with van der Waals surface area (Å²) in [6.45, 7) is 7.67. The molecule has 104 valence electrons. The summed E-state index contributed by atoms with van der Waals surface area (Å²) in [5, 5.41) is 12.0. The van der Waals surface area contributed by atoms with Crippen LogP contribution in [-0.4, -0.2) is 41.6 Å². The van der Waals surface area contributed by atoms with Gasteiger partial charge >= 0.3 is 12.0 Å². The van der Waals surface area contributed by atoms with Gasteiger partial charge < -0.3 is 15.3 Å². The summed E-state index contributed by atoms with van der Waals surface area (Å²) in [6.07, 6.45) is 2.09. The molecule has 0 spiro atoms. The highest BCUT2D eigenvalue weighted by Crippen LogP contribution is 2.30. The summed E-state index contributed by atoms with van der Waals surface area (Å²) in [7, 11) is 0. The molecule has 0 aliphatic carbocycles. The molecule has 0 radical (unpaired) electrons. The lowest BCUT2D eigenvalue weighted by Gasteiger charge is -2.36. The van der Waals surface area contributed by atoms with Gasteiger partial charge in [0.25, 0.3) is 0 Å². The lowest BCUT2D eigenvalue weighted by Crippen LogP contribution is -2.49. The van der Waals surface area contributed by atoms with E-state index in [1.807, 2.05) is 0 Å². The number of hydrogen-bond acceptors (Lipinski definition) is 2. The quantitative estimate of drug-likeness (QED) is 0.807. The molecule has 0 aromatic rings. The van der Waals surface area contributed by atoms with Crippen molar-refractivity contribution in [1.29, 1.82) is 0 Å². The number of carboxylic acids is 1. The van der Waals surface area contributed by atoms with Crippen molar-refractivity contribution in [2.24, 2.45) is 11.3 Å². The van der Waals surface area contributed by atoms with Crippen molar-refractivity contribution in [3.8, 4) is 0 Å². The number of nitrogens with one attached hydrogen (secondary N) is 1. The monoisotopic (exact) mass is 256 g/mol. The standard InChI is InChI=1S/C13H24N2O3/c1-4-10(2)9-14-12(18)15-7-5-13(3,6-8-15)11(16)17/h10H,4-9H2,1-3H3,(H,14,18)(H,16,17). The van der Waals surface area contributed by atoms with E-state index in [1.54, 1.807) is 11.8 Å². The average Bonchev–Trinajstić information content (AvgIpc) is 2.36. The summed E-state index contributed by atoms with van der Waals surface area (Å²) in [5.41, 5.74) is -0.673. The van der Waals surface area contributed by atoms with E-state index in [2.05, 4.69) is 19.2 Å². The van der Waals surface area contributed by atoms with Crippen molar-refractivity contribution in [3.63, 3.8) is 0 Å². The minimum atomic E-state index is -0.762. The first kappa shape index (κ1) is 14.8. The molecule has 1 atom stereocenters. The zero-order chi connectivity index (χ0) is 13.8. The van der Waals surface area contributed by atoms with E-state index in [0.29, 0.717) is 38.4 Å². The van der Waals surface area contributed by atoms with Gasteiger partial charge in [-0.2, -0.15) is 0 Å². The topological polar surface area (TPSA) is 69.6 Å². The van der Waals surface area contributed by atoms with Crippen LogP contribution < -0.4 is 5.32 Å². The van der Waals surface area contributed by atoms with Gasteiger partial charge in [0, 0.05) is 19.6 Å². The van der Waals surface area contributed by atoms with Crippen LogP contribution in [0, 0.1) is 11.3 Å². The number of carbonyl (C=O) groups is 2. The van der Waals surface area contributed by atoms with E-state index in [4.69, 9.17) is 5.11 Å². The van der Waals surface area contributed by atoms with Gasteiger partial charge in [0.1, 0.15) is 0 Å². The maximum absolute atomic E-state index is 11.9. The first-order valence-electron chi connectivity index (χ1n) is 6.65. The summed E-state index contributed by atoms with van der Waals surface area (Å²) in [5.74, 6) is -0.287. The van der Waals surface area contributed by atoms with E-state index in [1.165, 1.54) is 0 Å². The molecule has 0 aromatic heterocycles. The van der Waals surface area contributed by atoms with Crippen LogP contribution in [0.4, 0.5) is 4.79 Å². The van der Waals surface area contributed by atoms with Crippen molar-refractivity contribution in [3.05, 3.63) is 0 Å². The molecule has 5 heteroatoms. The summed E-state index contributed by atoms with van der Waals surface area (Å²) >= 11 is 0. The molecule has 1 aliphatic heterocycles. The van der Waals surface area contributed by atoms with E-state index < -0.39 is 11.4 Å². The molecule has 0 saturated carbocycles. The van der Waals surface area contributed by atoms with E-state index >= 15 is 0 Å². The van der Waals surface area contributed by atoms with Gasteiger partial charge in [0.05, 0.1) is 5.41 Å². The van der Waals surface area contributed by atoms with Gasteiger partial charge in [-0.1, -0.05) is 20.3 Å². The van der Waals surface area contributed by atoms with Gasteiger partial charge in [0.2, 0.25) is 0 Å². The molecule has 1 heterocycles. The van der Waals surface area contributed by atoms with Crippen LogP contribution in [0.3, 0.4) is 0 Å². The largest absolute Gasteiger partial charge is 0.481 e. The normalized spacial score (nSPS) is 20.3. The third-order valence-corrected chi connectivity index (χ3v) is 3.97. The first-order chi connectivity index (χ1) is 8.39. The predicted octanol–water partition coefficient (Wildman–Crippen LogP) is 1.93. The molecule has 1 fully saturated rings. The molecule has 2 amide bonds. The van der Waals surface area contributed by atoms with Crippen molar-refractivity contribution >= 4 is 12.0 Å². The fraction of sp³-hybridized carbons (Fsp3) is 0.846. The minimum Gasteiger partial charge on any atom is -0.481 e. The highest BCUT2D eigenvalue weighted by atomic mass is 16.4. The third kappa shape index (κ3) is 3.62. The van der Waals surface area contributed by atoms with Crippen molar-refractivity contribution in [2.45, 2.75) is 40.0 Å². The Kier molecular flexibility index (Phi) is 4.99. The van der Waals surface area contributed by atoms with Crippen LogP contribution in [-0.2, 0) is 4.79 Å². The fourth-order valence-corrected chi connectivity index (χ4v) is 1.93. The summed E-state index contributed by atoms with van der Waals surface area (Å²) in [6, 6.07) is -0.0669. The zero-order valence-corrected chi connectivity index (χ0v) is 11.5. The molecule has 1 saturated heterocycles. The Labute approximate surface area is 109 Å². The SMILES string of the molecule is CCC(C)CNC(=O)N1CCC(C)(C(=O)O)CC1. The van der Waals surface area contributed by atoms with Gasteiger partial charge in [-0.05, 0) is 25.7 Å². The number of carbonyl (C=O) groups excluding carboxylic acids is 1. The first-order valence-corrected chi connectivity index (χ1v) is 6.65. The van der Waals surface area contributed by atoms with Crippen LogP contribution >= 0.6 is 0 Å².